The van der Waals surface area contributed by atoms with E-state index in [0.29, 0.717) is 35.5 Å². The Morgan fingerprint density at radius 1 is 1.06 bits per heavy atom. The quantitative estimate of drug-likeness (QED) is 0.234. The molecular formula is C23H29N3O5. The predicted octanol–water partition coefficient (Wildman–Crippen LogP) is 3.03. The minimum absolute atomic E-state index is 0.0358. The summed E-state index contributed by atoms with van der Waals surface area (Å²) in [4.78, 5) is 23.7. The summed E-state index contributed by atoms with van der Waals surface area (Å²) < 4.78 is 10.5. The third-order valence-electron chi connectivity index (χ3n) is 4.91. The van der Waals surface area contributed by atoms with Gasteiger partial charge < -0.3 is 25.6 Å². The largest absolute Gasteiger partial charge is 0.493 e. The first-order chi connectivity index (χ1) is 14.8. The number of hydrogen-bond acceptors (Lipinski definition) is 5. The van der Waals surface area contributed by atoms with E-state index in [1.807, 2.05) is 24.3 Å². The normalized spacial score (nSPS) is 11.4. The molecule has 0 radical (unpaired) electrons. The summed E-state index contributed by atoms with van der Waals surface area (Å²) in [5.74, 6) is -0.168. The lowest BCUT2D eigenvalue weighted by Gasteiger charge is -2.19. The van der Waals surface area contributed by atoms with Gasteiger partial charge in [0.1, 0.15) is 5.84 Å². The summed E-state index contributed by atoms with van der Waals surface area (Å²) in [6.07, 6.45) is 2.36. The molecule has 1 unspecified atom stereocenters. The summed E-state index contributed by atoms with van der Waals surface area (Å²) in [7, 11) is 3.02. The number of carboxylic acids is 1. The maximum Gasteiger partial charge on any atom is 0.305 e. The minimum Gasteiger partial charge on any atom is -0.493 e. The van der Waals surface area contributed by atoms with E-state index in [9.17, 15) is 14.7 Å². The Hall–Kier alpha value is -3.55. The Balaban J connectivity index is 1.90. The number of amidine groups is 1. The number of hydrogen-bond donors (Lipinski definition) is 4. The SMILES string of the molecule is COc1ccc(C(CC(=O)O)NC(=O)CCCCc2ccc(C(=N)N)cc2)cc1OC. The van der Waals surface area contributed by atoms with E-state index in [2.05, 4.69) is 5.32 Å². The molecule has 1 atom stereocenters. The maximum atomic E-state index is 12.4. The number of nitrogens with one attached hydrogen (secondary N) is 2. The van der Waals surface area contributed by atoms with Crippen LogP contribution >= 0.6 is 0 Å². The Bertz CT molecular complexity index is 912. The van der Waals surface area contributed by atoms with Crippen molar-refractivity contribution < 1.29 is 24.2 Å². The fourth-order valence-electron chi connectivity index (χ4n) is 3.23. The highest BCUT2D eigenvalue weighted by Gasteiger charge is 2.19. The molecule has 8 heteroatoms. The fraction of sp³-hybridized carbons (Fsp3) is 0.348. The van der Waals surface area contributed by atoms with Crippen molar-refractivity contribution in [2.75, 3.05) is 14.2 Å². The van der Waals surface area contributed by atoms with E-state index in [1.54, 1.807) is 18.2 Å². The lowest BCUT2D eigenvalue weighted by atomic mass is 10.0. The number of rotatable bonds is 12. The number of amides is 1. The number of nitrogens with two attached hydrogens (primary N) is 1. The average molecular weight is 428 g/mol. The minimum atomic E-state index is -1.01. The smallest absolute Gasteiger partial charge is 0.305 e. The first-order valence-electron chi connectivity index (χ1n) is 10.0. The van der Waals surface area contributed by atoms with Crippen LogP contribution in [0.3, 0.4) is 0 Å². The van der Waals surface area contributed by atoms with Gasteiger partial charge in [0.15, 0.2) is 11.5 Å². The molecule has 0 spiro atoms. The number of aliphatic carboxylic acids is 1. The number of nitrogen functional groups attached to an aromatic ring is 1. The summed E-state index contributed by atoms with van der Waals surface area (Å²) >= 11 is 0. The lowest BCUT2D eigenvalue weighted by Crippen LogP contribution is -2.30. The molecule has 0 fully saturated rings. The molecule has 0 aliphatic carbocycles. The topological polar surface area (TPSA) is 135 Å². The molecule has 5 N–H and O–H groups in total. The van der Waals surface area contributed by atoms with Crippen molar-refractivity contribution in [1.29, 1.82) is 5.41 Å². The summed E-state index contributed by atoms with van der Waals surface area (Å²) in [5, 5.41) is 19.5. The van der Waals surface area contributed by atoms with Crippen molar-refractivity contribution >= 4 is 17.7 Å². The molecule has 2 rings (SSSR count). The standard InChI is InChI=1S/C23H29N3O5/c1-30-19-12-11-17(13-20(19)31-2)18(14-22(28)29)26-21(27)6-4-3-5-15-7-9-16(10-8-15)23(24)25/h7-13,18H,3-6,14H2,1-2H3,(H3,24,25)(H,26,27)(H,28,29). The molecule has 0 aliphatic heterocycles. The van der Waals surface area contributed by atoms with Crippen LogP contribution in [-0.4, -0.2) is 37.0 Å². The molecule has 2 aromatic rings. The Morgan fingerprint density at radius 2 is 1.74 bits per heavy atom. The first-order valence-corrected chi connectivity index (χ1v) is 10.0. The summed E-state index contributed by atoms with van der Waals surface area (Å²) in [5.41, 5.74) is 7.88. The maximum absolute atomic E-state index is 12.4. The van der Waals surface area contributed by atoms with Crippen molar-refractivity contribution in [3.05, 3.63) is 59.2 Å². The molecular weight excluding hydrogens is 398 g/mol. The van der Waals surface area contributed by atoms with Gasteiger partial charge in [-0.25, -0.2) is 0 Å². The van der Waals surface area contributed by atoms with Gasteiger partial charge in [0.05, 0.1) is 26.7 Å². The van der Waals surface area contributed by atoms with Crippen LogP contribution in [0.4, 0.5) is 0 Å². The van der Waals surface area contributed by atoms with E-state index in [4.69, 9.17) is 20.6 Å². The van der Waals surface area contributed by atoms with Gasteiger partial charge in [0.2, 0.25) is 5.91 Å². The van der Waals surface area contributed by atoms with Crippen LogP contribution in [0.15, 0.2) is 42.5 Å². The van der Waals surface area contributed by atoms with Gasteiger partial charge >= 0.3 is 5.97 Å². The van der Waals surface area contributed by atoms with Crippen molar-refractivity contribution in [2.24, 2.45) is 5.73 Å². The van der Waals surface area contributed by atoms with E-state index < -0.39 is 12.0 Å². The van der Waals surface area contributed by atoms with Gasteiger partial charge in [-0.2, -0.15) is 0 Å². The van der Waals surface area contributed by atoms with Crippen LogP contribution in [-0.2, 0) is 16.0 Å². The van der Waals surface area contributed by atoms with Gasteiger partial charge in [-0.05, 0) is 42.5 Å². The van der Waals surface area contributed by atoms with Crippen LogP contribution in [0.25, 0.3) is 0 Å². The van der Waals surface area contributed by atoms with Crippen molar-refractivity contribution in [1.82, 2.24) is 5.32 Å². The highest BCUT2D eigenvalue weighted by molar-refractivity contribution is 5.94. The number of ether oxygens (including phenoxy) is 2. The molecule has 0 saturated heterocycles. The molecule has 8 nitrogen and oxygen atoms in total. The number of carboxylic acid groups (broad SMARTS) is 1. The molecule has 166 valence electrons. The summed E-state index contributed by atoms with van der Waals surface area (Å²) in [6, 6.07) is 11.9. The number of methoxy groups -OCH3 is 2. The zero-order valence-corrected chi connectivity index (χ0v) is 17.8. The van der Waals surface area contributed by atoms with Gasteiger partial charge in [-0.15, -0.1) is 0 Å². The molecule has 0 saturated carbocycles. The second kappa shape index (κ2) is 11.6. The van der Waals surface area contributed by atoms with Gasteiger partial charge in [-0.3, -0.25) is 15.0 Å². The zero-order chi connectivity index (χ0) is 22.8. The number of unbranched alkanes of at least 4 members (excludes halogenated alkanes) is 1. The second-order valence-electron chi connectivity index (χ2n) is 7.15. The molecule has 0 aliphatic rings. The highest BCUT2D eigenvalue weighted by Crippen LogP contribution is 2.31. The van der Waals surface area contributed by atoms with E-state index in [0.717, 1.165) is 18.4 Å². The third kappa shape index (κ3) is 7.33. The van der Waals surface area contributed by atoms with Gasteiger partial charge in [0, 0.05) is 12.0 Å². The average Bonchev–Trinajstić information content (AvgIpc) is 2.75. The molecule has 1 amide bonds. The van der Waals surface area contributed by atoms with Crippen molar-refractivity contribution in [3.63, 3.8) is 0 Å². The van der Waals surface area contributed by atoms with E-state index >= 15 is 0 Å². The Labute approximate surface area is 181 Å². The van der Waals surface area contributed by atoms with Crippen molar-refractivity contribution in [2.45, 2.75) is 38.1 Å². The lowest BCUT2D eigenvalue weighted by molar-refractivity contribution is -0.137. The number of carbonyl (C=O) groups excluding carboxylic acids is 1. The monoisotopic (exact) mass is 427 g/mol. The predicted molar refractivity (Wildman–Crippen MR) is 118 cm³/mol. The zero-order valence-electron chi connectivity index (χ0n) is 17.8. The first kappa shape index (κ1) is 23.7. The molecule has 31 heavy (non-hydrogen) atoms. The second-order valence-corrected chi connectivity index (χ2v) is 7.15. The molecule has 0 bridgehead atoms. The third-order valence-corrected chi connectivity index (χ3v) is 4.91. The van der Waals surface area contributed by atoms with Gasteiger partial charge in [0.25, 0.3) is 0 Å². The molecule has 0 aromatic heterocycles. The van der Waals surface area contributed by atoms with Crippen LogP contribution < -0.4 is 20.5 Å². The van der Waals surface area contributed by atoms with Crippen LogP contribution in [0.2, 0.25) is 0 Å². The van der Waals surface area contributed by atoms with Crippen LogP contribution in [0.5, 0.6) is 11.5 Å². The molecule has 0 heterocycles. The Morgan fingerprint density at radius 3 is 2.32 bits per heavy atom. The number of benzene rings is 2. The number of carbonyl (C=O) groups is 2. The van der Waals surface area contributed by atoms with Crippen molar-refractivity contribution in [3.8, 4) is 11.5 Å². The molecule has 2 aromatic carbocycles. The van der Waals surface area contributed by atoms with Crippen LogP contribution in [0.1, 0.15) is 48.4 Å². The van der Waals surface area contributed by atoms with Gasteiger partial charge in [-0.1, -0.05) is 30.3 Å². The fourth-order valence-corrected chi connectivity index (χ4v) is 3.23. The highest BCUT2D eigenvalue weighted by atomic mass is 16.5. The van der Waals surface area contributed by atoms with Crippen LogP contribution in [0, 0.1) is 5.41 Å². The number of aryl methyl sites for hydroxylation is 1. The van der Waals surface area contributed by atoms with E-state index in [-0.39, 0.29) is 18.2 Å². The van der Waals surface area contributed by atoms with E-state index in [1.165, 1.54) is 14.2 Å². The summed E-state index contributed by atoms with van der Waals surface area (Å²) in [6.45, 7) is 0. The Kier molecular flexibility index (Phi) is 8.87.